The molecule has 0 fully saturated rings. The van der Waals surface area contributed by atoms with Crippen LogP contribution in [0.1, 0.15) is 37.0 Å². The number of carbonyl (C=O) groups is 1. The maximum atomic E-state index is 11.8. The van der Waals surface area contributed by atoms with E-state index in [9.17, 15) is 4.79 Å². The molecule has 0 aliphatic heterocycles. The third-order valence-corrected chi connectivity index (χ3v) is 3.04. The first kappa shape index (κ1) is 22.3. The van der Waals surface area contributed by atoms with E-state index in [1.54, 1.807) is 0 Å². The van der Waals surface area contributed by atoms with Crippen molar-refractivity contribution in [3.8, 4) is 0 Å². The van der Waals surface area contributed by atoms with E-state index in [0.717, 1.165) is 25.9 Å². The van der Waals surface area contributed by atoms with Gasteiger partial charge in [0.2, 0.25) is 0 Å². The number of benzene rings is 1. The molecule has 0 spiro atoms. The summed E-state index contributed by atoms with van der Waals surface area (Å²) in [5.74, 6) is -0.0291. The maximum Gasteiger partial charge on any atom is 0.251 e. The smallest absolute Gasteiger partial charge is 0.251 e. The fourth-order valence-electron chi connectivity index (χ4n) is 1.97. The fraction of sp³-hybridized carbons (Fsp3) is 0.533. The summed E-state index contributed by atoms with van der Waals surface area (Å²) in [6, 6.07) is 7.78. The van der Waals surface area contributed by atoms with Crippen molar-refractivity contribution in [3.05, 3.63) is 29.8 Å². The molecule has 0 radical (unpaired) electrons. The second kappa shape index (κ2) is 12.7. The van der Waals surface area contributed by atoms with Crippen molar-refractivity contribution in [2.75, 3.05) is 31.1 Å². The molecular formula is C15H27Cl2N3O. The van der Waals surface area contributed by atoms with E-state index in [-0.39, 0.29) is 30.7 Å². The maximum absolute atomic E-state index is 11.8. The molecule has 21 heavy (non-hydrogen) atoms. The van der Waals surface area contributed by atoms with Crippen molar-refractivity contribution in [1.29, 1.82) is 0 Å². The van der Waals surface area contributed by atoms with Crippen LogP contribution in [-0.4, -0.2) is 32.1 Å². The number of nitrogens with zero attached hydrogens (tertiary/aromatic N) is 1. The van der Waals surface area contributed by atoms with Gasteiger partial charge in [0.15, 0.2) is 0 Å². The van der Waals surface area contributed by atoms with E-state index in [2.05, 4.69) is 24.1 Å². The molecule has 0 saturated carbocycles. The van der Waals surface area contributed by atoms with Crippen LogP contribution in [0, 0.1) is 0 Å². The average Bonchev–Trinajstić information content (AvgIpc) is 2.45. The Labute approximate surface area is 140 Å². The van der Waals surface area contributed by atoms with Crippen LogP contribution in [0.3, 0.4) is 0 Å². The van der Waals surface area contributed by atoms with E-state index in [1.807, 2.05) is 24.3 Å². The van der Waals surface area contributed by atoms with E-state index >= 15 is 0 Å². The zero-order chi connectivity index (χ0) is 14.1. The average molecular weight is 336 g/mol. The van der Waals surface area contributed by atoms with Crippen LogP contribution >= 0.6 is 24.8 Å². The molecule has 1 rings (SSSR count). The normalized spacial score (nSPS) is 9.29. The molecule has 0 saturated heterocycles. The monoisotopic (exact) mass is 335 g/mol. The van der Waals surface area contributed by atoms with Gasteiger partial charge in [0.05, 0.1) is 0 Å². The molecular weight excluding hydrogens is 309 g/mol. The highest BCUT2D eigenvalue weighted by Gasteiger charge is 2.07. The second-order valence-corrected chi connectivity index (χ2v) is 4.52. The standard InChI is InChI=1S/C15H25N3O.2ClH/c1-3-12-18(4-2)14-8-6-13(7-9-14)15(19)17-11-5-10-16;;/h6-9H,3-5,10-12,16H2,1-2H3,(H,17,19);2*1H. The van der Waals surface area contributed by atoms with Crippen molar-refractivity contribution in [3.63, 3.8) is 0 Å². The third kappa shape index (κ3) is 7.55. The Balaban J connectivity index is 0. The number of halogens is 2. The number of nitrogens with two attached hydrogens (primary N) is 1. The van der Waals surface area contributed by atoms with E-state index in [0.29, 0.717) is 18.7 Å². The largest absolute Gasteiger partial charge is 0.372 e. The molecule has 0 aliphatic carbocycles. The molecule has 4 nitrogen and oxygen atoms in total. The lowest BCUT2D eigenvalue weighted by Gasteiger charge is -2.22. The van der Waals surface area contributed by atoms with Gasteiger partial charge in [0.1, 0.15) is 0 Å². The molecule has 0 bridgehead atoms. The van der Waals surface area contributed by atoms with Crippen molar-refractivity contribution in [2.24, 2.45) is 5.73 Å². The zero-order valence-electron chi connectivity index (χ0n) is 12.8. The lowest BCUT2D eigenvalue weighted by atomic mass is 10.1. The van der Waals surface area contributed by atoms with Crippen LogP contribution in [0.5, 0.6) is 0 Å². The quantitative estimate of drug-likeness (QED) is 0.718. The number of nitrogens with one attached hydrogen (secondary N) is 1. The Morgan fingerprint density at radius 1 is 1.19 bits per heavy atom. The van der Waals surface area contributed by atoms with Gasteiger partial charge in [-0.3, -0.25) is 4.79 Å². The summed E-state index contributed by atoms with van der Waals surface area (Å²) in [6.45, 7) is 7.56. The van der Waals surface area contributed by atoms with E-state index < -0.39 is 0 Å². The first-order valence-corrected chi connectivity index (χ1v) is 7.06. The predicted octanol–water partition coefficient (Wildman–Crippen LogP) is 2.85. The van der Waals surface area contributed by atoms with E-state index in [4.69, 9.17) is 5.73 Å². The van der Waals surface area contributed by atoms with Crippen LogP contribution < -0.4 is 16.0 Å². The van der Waals surface area contributed by atoms with Gasteiger partial charge in [-0.2, -0.15) is 0 Å². The molecule has 122 valence electrons. The summed E-state index contributed by atoms with van der Waals surface area (Å²) in [7, 11) is 0. The molecule has 3 N–H and O–H groups in total. The summed E-state index contributed by atoms with van der Waals surface area (Å²) in [5, 5.41) is 2.86. The van der Waals surface area contributed by atoms with E-state index in [1.165, 1.54) is 5.69 Å². The molecule has 6 heteroatoms. The Kier molecular flexibility index (Phi) is 13.5. The Morgan fingerprint density at radius 2 is 1.81 bits per heavy atom. The van der Waals surface area contributed by atoms with Gasteiger partial charge in [-0.05, 0) is 50.6 Å². The van der Waals surface area contributed by atoms with Gasteiger partial charge in [-0.1, -0.05) is 6.92 Å². The fourth-order valence-corrected chi connectivity index (χ4v) is 1.97. The van der Waals surface area contributed by atoms with Gasteiger partial charge < -0.3 is 16.0 Å². The number of amides is 1. The number of carbonyl (C=O) groups excluding carboxylic acids is 1. The van der Waals surface area contributed by atoms with Crippen molar-refractivity contribution >= 4 is 36.4 Å². The van der Waals surface area contributed by atoms with Crippen LogP contribution in [0.15, 0.2) is 24.3 Å². The molecule has 0 heterocycles. The van der Waals surface area contributed by atoms with Crippen molar-refractivity contribution in [1.82, 2.24) is 5.32 Å². The Morgan fingerprint density at radius 3 is 2.29 bits per heavy atom. The van der Waals surface area contributed by atoms with Crippen molar-refractivity contribution in [2.45, 2.75) is 26.7 Å². The summed E-state index contributed by atoms with van der Waals surface area (Å²) in [6.07, 6.45) is 1.93. The molecule has 0 unspecified atom stereocenters. The van der Waals surface area contributed by atoms with Gasteiger partial charge >= 0.3 is 0 Å². The molecule has 0 atom stereocenters. The highest BCUT2D eigenvalue weighted by Crippen LogP contribution is 2.15. The van der Waals surface area contributed by atoms with Crippen LogP contribution in [0.2, 0.25) is 0 Å². The SMILES string of the molecule is CCCN(CC)c1ccc(C(=O)NCCCN)cc1.Cl.Cl. The minimum Gasteiger partial charge on any atom is -0.372 e. The second-order valence-electron chi connectivity index (χ2n) is 4.52. The number of rotatable bonds is 8. The number of hydrogen-bond donors (Lipinski definition) is 2. The first-order chi connectivity index (χ1) is 9.22. The van der Waals surface area contributed by atoms with Crippen molar-refractivity contribution < 1.29 is 4.79 Å². The summed E-state index contributed by atoms with van der Waals surface area (Å²) in [5.41, 5.74) is 7.26. The Hall–Kier alpha value is -0.970. The number of anilines is 1. The first-order valence-electron chi connectivity index (χ1n) is 7.06. The Bertz CT molecular complexity index is 385. The minimum atomic E-state index is -0.0291. The lowest BCUT2D eigenvalue weighted by molar-refractivity contribution is 0.0953. The molecule has 1 aromatic carbocycles. The number of hydrogen-bond acceptors (Lipinski definition) is 3. The lowest BCUT2D eigenvalue weighted by Crippen LogP contribution is -2.26. The topological polar surface area (TPSA) is 58.4 Å². The van der Waals surface area contributed by atoms with Gasteiger partial charge in [-0.15, -0.1) is 24.8 Å². The molecule has 0 aromatic heterocycles. The highest BCUT2D eigenvalue weighted by atomic mass is 35.5. The predicted molar refractivity (Wildman–Crippen MR) is 95.1 cm³/mol. The summed E-state index contributed by atoms with van der Waals surface area (Å²) in [4.78, 5) is 14.1. The van der Waals surface area contributed by atoms with Gasteiger partial charge in [0, 0.05) is 30.9 Å². The minimum absolute atomic E-state index is 0. The highest BCUT2D eigenvalue weighted by molar-refractivity contribution is 5.94. The van der Waals surface area contributed by atoms with Crippen LogP contribution in [-0.2, 0) is 0 Å². The third-order valence-electron chi connectivity index (χ3n) is 3.04. The van der Waals surface area contributed by atoms with Crippen LogP contribution in [0.25, 0.3) is 0 Å². The van der Waals surface area contributed by atoms with Gasteiger partial charge in [-0.25, -0.2) is 0 Å². The molecule has 1 amide bonds. The molecule has 1 aromatic rings. The zero-order valence-corrected chi connectivity index (χ0v) is 14.4. The summed E-state index contributed by atoms with van der Waals surface area (Å²) >= 11 is 0. The molecule has 0 aliphatic rings. The summed E-state index contributed by atoms with van der Waals surface area (Å²) < 4.78 is 0. The van der Waals surface area contributed by atoms with Gasteiger partial charge in [0.25, 0.3) is 5.91 Å². The van der Waals surface area contributed by atoms with Crippen LogP contribution in [0.4, 0.5) is 5.69 Å².